The molecule has 3 aromatic carbocycles. The van der Waals surface area contributed by atoms with Gasteiger partial charge in [-0.25, -0.2) is 12.8 Å². The molecule has 0 heterocycles. The van der Waals surface area contributed by atoms with Crippen molar-refractivity contribution in [3.05, 3.63) is 82.1 Å². The van der Waals surface area contributed by atoms with E-state index in [0.29, 0.717) is 24.3 Å². The van der Waals surface area contributed by atoms with Crippen molar-refractivity contribution in [2.75, 3.05) is 31.6 Å². The van der Waals surface area contributed by atoms with Gasteiger partial charge in [0.05, 0.1) is 24.8 Å². The number of hydrogen-bond donors (Lipinski definition) is 1. The number of sulfonamides is 1. The molecule has 0 aliphatic carbocycles. The number of carbonyl (C=O) groups is 2. The summed E-state index contributed by atoms with van der Waals surface area (Å²) < 4.78 is 53.4. The highest BCUT2D eigenvalue weighted by Crippen LogP contribution is 2.33. The number of ether oxygens (including phenoxy) is 2. The Balaban J connectivity index is 2.12. The molecule has 9 nitrogen and oxygen atoms in total. The second kappa shape index (κ2) is 15.3. The van der Waals surface area contributed by atoms with Crippen LogP contribution in [0.5, 0.6) is 11.5 Å². The summed E-state index contributed by atoms with van der Waals surface area (Å²) in [4.78, 5) is 28.4. The highest BCUT2D eigenvalue weighted by Gasteiger charge is 2.34. The fourth-order valence-electron chi connectivity index (χ4n) is 4.38. The lowest BCUT2D eigenvalue weighted by Gasteiger charge is -2.33. The molecule has 2 amide bonds. The van der Waals surface area contributed by atoms with Crippen LogP contribution < -0.4 is 19.1 Å². The maximum Gasteiger partial charge on any atom is 0.264 e. The Hall–Kier alpha value is -3.54. The van der Waals surface area contributed by atoms with Crippen molar-refractivity contribution >= 4 is 50.7 Å². The van der Waals surface area contributed by atoms with E-state index in [-0.39, 0.29) is 39.3 Å². The minimum absolute atomic E-state index is 0.0312. The fourth-order valence-corrected chi connectivity index (χ4v) is 6.33. The number of nitrogens with zero attached hydrogens (tertiary/aromatic N) is 2. The average molecular weight is 655 g/mol. The summed E-state index contributed by atoms with van der Waals surface area (Å²) in [5.41, 5.74) is 0.431. The number of halogens is 3. The summed E-state index contributed by atoms with van der Waals surface area (Å²) in [6.45, 7) is 3.14. The molecule has 3 rings (SSSR count). The maximum absolute atomic E-state index is 14.1. The van der Waals surface area contributed by atoms with E-state index in [2.05, 4.69) is 5.32 Å². The smallest absolute Gasteiger partial charge is 0.264 e. The van der Waals surface area contributed by atoms with E-state index in [9.17, 15) is 22.4 Å². The molecule has 0 aliphatic heterocycles. The molecule has 1 unspecified atom stereocenters. The van der Waals surface area contributed by atoms with E-state index >= 15 is 0 Å². The summed E-state index contributed by atoms with van der Waals surface area (Å²) in [6, 6.07) is 12.6. The Labute approximate surface area is 261 Å². The Kier molecular flexibility index (Phi) is 12.1. The van der Waals surface area contributed by atoms with Gasteiger partial charge >= 0.3 is 0 Å². The Bertz CT molecular complexity index is 1520. The molecule has 0 aromatic heterocycles. The Morgan fingerprint density at radius 2 is 1.58 bits per heavy atom. The van der Waals surface area contributed by atoms with Gasteiger partial charge in [0.1, 0.15) is 18.4 Å². The van der Waals surface area contributed by atoms with Crippen molar-refractivity contribution in [3.8, 4) is 11.5 Å². The lowest BCUT2D eigenvalue weighted by Crippen LogP contribution is -2.52. The van der Waals surface area contributed by atoms with Gasteiger partial charge in [0.15, 0.2) is 11.5 Å². The van der Waals surface area contributed by atoms with E-state index in [4.69, 9.17) is 32.7 Å². The molecule has 1 N–H and O–H groups in total. The van der Waals surface area contributed by atoms with Crippen molar-refractivity contribution in [1.82, 2.24) is 10.2 Å². The number of anilines is 1. The van der Waals surface area contributed by atoms with E-state index in [0.717, 1.165) is 16.4 Å². The summed E-state index contributed by atoms with van der Waals surface area (Å²) in [5, 5.41) is 3.37. The first-order valence-corrected chi connectivity index (χ1v) is 15.7. The number of amides is 2. The summed E-state index contributed by atoms with van der Waals surface area (Å²) >= 11 is 12.8. The first-order chi connectivity index (χ1) is 20.5. The van der Waals surface area contributed by atoms with E-state index in [1.165, 1.54) is 49.5 Å². The van der Waals surface area contributed by atoms with E-state index in [1.807, 2.05) is 6.92 Å². The zero-order valence-electron chi connectivity index (χ0n) is 24.3. The fraction of sp³-hybridized carbons (Fsp3) is 0.333. The van der Waals surface area contributed by atoms with E-state index in [1.54, 1.807) is 25.1 Å². The van der Waals surface area contributed by atoms with Crippen LogP contribution in [0.25, 0.3) is 0 Å². The minimum Gasteiger partial charge on any atom is -0.493 e. The molecule has 232 valence electrons. The third-order valence-electron chi connectivity index (χ3n) is 6.66. The number of hydrogen-bond acceptors (Lipinski definition) is 6. The number of benzene rings is 3. The van der Waals surface area contributed by atoms with Crippen molar-refractivity contribution in [2.45, 2.75) is 44.2 Å². The summed E-state index contributed by atoms with van der Waals surface area (Å²) in [7, 11) is -1.66. The van der Waals surface area contributed by atoms with Crippen LogP contribution in [-0.2, 0) is 26.2 Å². The standard InChI is InChI=1S/C30H34Cl2FN3O6S/c1-5-16-34-30(38)26(6-2)35(18-23-24(31)8-7-9-25(23)32)29(37)19-36(21-12-10-20(33)11-13-21)43(39,40)22-14-15-27(41-3)28(17-22)42-4/h7-15,17,26H,5-6,16,18-19H2,1-4H3,(H,34,38). The van der Waals surface area contributed by atoms with Crippen LogP contribution >= 0.6 is 23.2 Å². The zero-order valence-corrected chi connectivity index (χ0v) is 26.6. The lowest BCUT2D eigenvalue weighted by atomic mass is 10.1. The predicted molar refractivity (Wildman–Crippen MR) is 165 cm³/mol. The molecule has 43 heavy (non-hydrogen) atoms. The number of methoxy groups -OCH3 is 2. The third-order valence-corrected chi connectivity index (χ3v) is 9.14. The summed E-state index contributed by atoms with van der Waals surface area (Å²) in [5.74, 6) is -1.24. The topological polar surface area (TPSA) is 105 Å². The minimum atomic E-state index is -4.43. The van der Waals surface area contributed by atoms with Crippen LogP contribution in [0.15, 0.2) is 65.6 Å². The Morgan fingerprint density at radius 1 is 0.953 bits per heavy atom. The van der Waals surface area contributed by atoms with Crippen LogP contribution in [0.4, 0.5) is 10.1 Å². The molecular formula is C30H34Cl2FN3O6S. The van der Waals surface area contributed by atoms with Gasteiger partial charge in [0, 0.05) is 34.8 Å². The van der Waals surface area contributed by atoms with Crippen LogP contribution in [0.2, 0.25) is 10.0 Å². The van der Waals surface area contributed by atoms with Crippen molar-refractivity contribution in [3.63, 3.8) is 0 Å². The van der Waals surface area contributed by atoms with E-state index < -0.39 is 40.2 Å². The molecule has 0 fully saturated rings. The molecule has 0 radical (unpaired) electrons. The van der Waals surface area contributed by atoms with Gasteiger partial charge in [-0.15, -0.1) is 0 Å². The van der Waals surface area contributed by atoms with Gasteiger partial charge in [-0.05, 0) is 61.4 Å². The molecular weight excluding hydrogens is 620 g/mol. The highest BCUT2D eigenvalue weighted by molar-refractivity contribution is 7.92. The zero-order chi connectivity index (χ0) is 31.7. The maximum atomic E-state index is 14.1. The molecule has 3 aromatic rings. The lowest BCUT2D eigenvalue weighted by molar-refractivity contribution is -0.140. The Morgan fingerprint density at radius 3 is 2.14 bits per heavy atom. The quantitative estimate of drug-likeness (QED) is 0.240. The molecule has 0 aliphatic rings. The molecule has 0 spiro atoms. The number of nitrogens with one attached hydrogen (secondary N) is 1. The molecule has 0 saturated heterocycles. The van der Waals surface area contributed by atoms with Crippen molar-refractivity contribution in [2.24, 2.45) is 0 Å². The van der Waals surface area contributed by atoms with Gasteiger partial charge in [-0.3, -0.25) is 13.9 Å². The van der Waals surface area contributed by atoms with Crippen molar-refractivity contribution < 1.29 is 31.9 Å². The SMILES string of the molecule is CCCNC(=O)C(CC)N(Cc1c(Cl)cccc1Cl)C(=O)CN(c1ccc(F)cc1)S(=O)(=O)c1ccc(OC)c(OC)c1. The number of carbonyl (C=O) groups excluding carboxylic acids is 2. The average Bonchev–Trinajstić information content (AvgIpc) is 2.99. The van der Waals surface area contributed by atoms with Crippen LogP contribution in [0.3, 0.4) is 0 Å². The van der Waals surface area contributed by atoms with Crippen LogP contribution in [0.1, 0.15) is 32.3 Å². The predicted octanol–water partition coefficient (Wildman–Crippen LogP) is 5.68. The third kappa shape index (κ3) is 8.10. The highest BCUT2D eigenvalue weighted by atomic mass is 35.5. The van der Waals surface area contributed by atoms with Crippen LogP contribution in [-0.4, -0.2) is 58.5 Å². The molecule has 0 bridgehead atoms. The summed E-state index contributed by atoms with van der Waals surface area (Å²) in [6.07, 6.45) is 0.900. The molecule has 1 atom stereocenters. The second-order valence-corrected chi connectivity index (χ2v) is 12.1. The van der Waals surface area contributed by atoms with Gasteiger partial charge in [-0.1, -0.05) is 43.1 Å². The normalized spacial score (nSPS) is 11.9. The largest absolute Gasteiger partial charge is 0.493 e. The first kappa shape index (κ1) is 34.0. The molecule has 0 saturated carbocycles. The second-order valence-electron chi connectivity index (χ2n) is 9.44. The van der Waals surface area contributed by atoms with Crippen molar-refractivity contribution in [1.29, 1.82) is 0 Å². The van der Waals surface area contributed by atoms with Gasteiger partial charge in [0.2, 0.25) is 11.8 Å². The van der Waals surface area contributed by atoms with Gasteiger partial charge in [-0.2, -0.15) is 0 Å². The first-order valence-electron chi connectivity index (χ1n) is 13.5. The van der Waals surface area contributed by atoms with Gasteiger partial charge < -0.3 is 19.7 Å². The molecule has 13 heteroatoms. The van der Waals surface area contributed by atoms with Crippen LogP contribution in [0, 0.1) is 5.82 Å². The van der Waals surface area contributed by atoms with Gasteiger partial charge in [0.25, 0.3) is 10.0 Å². The number of rotatable bonds is 14. The monoisotopic (exact) mass is 653 g/mol.